The number of piperazine rings is 1. The van der Waals surface area contributed by atoms with Crippen LogP contribution in [0.1, 0.15) is 6.92 Å². The van der Waals surface area contributed by atoms with Gasteiger partial charge in [-0.2, -0.15) is 5.10 Å². The average molecular weight is 344 g/mol. The minimum Gasteiger partial charge on any atom is -0.366 e. The number of nitrogens with zero attached hydrogens (tertiary/aromatic N) is 4. The Morgan fingerprint density at radius 1 is 1.55 bits per heavy atom. The molecule has 1 fully saturated rings. The topological polar surface area (TPSA) is 53.4 Å². The lowest BCUT2D eigenvalue weighted by Gasteiger charge is -2.33. The van der Waals surface area contributed by atoms with E-state index in [2.05, 4.69) is 38.2 Å². The number of likely N-dealkylation sites (N-methyl/N-ethyl adjacent to an activating group) is 1. The van der Waals surface area contributed by atoms with E-state index >= 15 is 0 Å². The van der Waals surface area contributed by atoms with Crippen molar-refractivity contribution in [1.29, 1.82) is 0 Å². The molecule has 1 saturated heterocycles. The van der Waals surface area contributed by atoms with Crippen molar-refractivity contribution >= 4 is 21.6 Å². The van der Waals surface area contributed by atoms with E-state index in [1.165, 1.54) is 4.68 Å². The highest BCUT2D eigenvalue weighted by molar-refractivity contribution is 9.10. The van der Waals surface area contributed by atoms with Gasteiger partial charge in [-0.05, 0) is 36.9 Å². The zero-order chi connectivity index (χ0) is 14.7. The van der Waals surface area contributed by atoms with Gasteiger partial charge in [-0.15, -0.1) is 0 Å². The molecule has 7 heteroatoms. The van der Waals surface area contributed by atoms with Crippen LogP contribution in [0.3, 0.4) is 0 Å². The third-order valence-corrected chi connectivity index (χ3v) is 4.18. The van der Waals surface area contributed by atoms with Crippen LogP contribution in [0.4, 0.5) is 5.69 Å². The fraction of sp³-hybridized carbons (Fsp3) is 0.692. The molecule has 1 aromatic rings. The highest BCUT2D eigenvalue weighted by atomic mass is 79.9. The van der Waals surface area contributed by atoms with Crippen molar-refractivity contribution in [2.45, 2.75) is 19.5 Å². The Morgan fingerprint density at radius 3 is 2.95 bits per heavy atom. The Hall–Kier alpha value is -0.920. The summed E-state index contributed by atoms with van der Waals surface area (Å²) in [7, 11) is 3.97. The predicted octanol–water partition coefficient (Wildman–Crippen LogP) is 0.366. The maximum absolute atomic E-state index is 12.3. The van der Waals surface area contributed by atoms with E-state index in [4.69, 9.17) is 0 Å². The molecule has 2 heterocycles. The Balaban J connectivity index is 2.20. The van der Waals surface area contributed by atoms with Gasteiger partial charge in [0.2, 0.25) is 0 Å². The molecule has 0 saturated carbocycles. The molecule has 0 bridgehead atoms. The summed E-state index contributed by atoms with van der Waals surface area (Å²) in [4.78, 5) is 16.6. The van der Waals surface area contributed by atoms with E-state index in [0.717, 1.165) is 31.9 Å². The minimum atomic E-state index is -0.0597. The van der Waals surface area contributed by atoms with Gasteiger partial charge in [0.1, 0.15) is 4.47 Å². The van der Waals surface area contributed by atoms with Crippen molar-refractivity contribution in [2.75, 3.05) is 45.2 Å². The van der Waals surface area contributed by atoms with Crippen molar-refractivity contribution in [2.24, 2.45) is 0 Å². The molecule has 1 aromatic heterocycles. The first-order valence-electron chi connectivity index (χ1n) is 6.87. The summed E-state index contributed by atoms with van der Waals surface area (Å²) >= 11 is 3.44. The molecule has 0 amide bonds. The Labute approximate surface area is 127 Å². The van der Waals surface area contributed by atoms with Crippen LogP contribution in [-0.4, -0.2) is 61.0 Å². The Morgan fingerprint density at radius 2 is 2.30 bits per heavy atom. The number of anilines is 1. The van der Waals surface area contributed by atoms with Crippen molar-refractivity contribution < 1.29 is 0 Å². The van der Waals surface area contributed by atoms with Crippen molar-refractivity contribution in [3.63, 3.8) is 0 Å². The van der Waals surface area contributed by atoms with Gasteiger partial charge in [-0.25, -0.2) is 4.68 Å². The lowest BCUT2D eigenvalue weighted by atomic mass is 10.2. The molecular weight excluding hydrogens is 322 g/mol. The molecule has 1 aliphatic rings. The predicted molar refractivity (Wildman–Crippen MR) is 84.4 cm³/mol. The summed E-state index contributed by atoms with van der Waals surface area (Å²) in [5.74, 6) is 0. The molecule has 20 heavy (non-hydrogen) atoms. The van der Waals surface area contributed by atoms with Crippen LogP contribution in [0, 0.1) is 0 Å². The molecule has 1 unspecified atom stereocenters. The van der Waals surface area contributed by atoms with Crippen LogP contribution in [0.25, 0.3) is 0 Å². The molecular formula is C13H22BrN5O. The van der Waals surface area contributed by atoms with Gasteiger partial charge in [0.05, 0.1) is 18.4 Å². The molecule has 0 aromatic carbocycles. The zero-order valence-electron chi connectivity index (χ0n) is 12.3. The highest BCUT2D eigenvalue weighted by Gasteiger charge is 2.20. The SMILES string of the molecule is CC1CN(c2cnn(CCN(C)C)c(=O)c2Br)CCN1. The van der Waals surface area contributed by atoms with Crippen LogP contribution in [0.2, 0.25) is 0 Å². The molecule has 1 aliphatic heterocycles. The first-order chi connectivity index (χ1) is 9.49. The smallest absolute Gasteiger partial charge is 0.283 e. The van der Waals surface area contributed by atoms with Gasteiger partial charge in [0.15, 0.2) is 0 Å². The summed E-state index contributed by atoms with van der Waals surface area (Å²) in [6, 6.07) is 0.423. The monoisotopic (exact) mass is 343 g/mol. The highest BCUT2D eigenvalue weighted by Crippen LogP contribution is 2.22. The molecule has 0 radical (unpaired) electrons. The number of hydrogen-bond acceptors (Lipinski definition) is 5. The van der Waals surface area contributed by atoms with Gasteiger partial charge in [-0.3, -0.25) is 4.79 Å². The summed E-state index contributed by atoms with van der Waals surface area (Å²) in [6.45, 7) is 6.25. The number of halogens is 1. The first kappa shape index (κ1) is 15.5. The van der Waals surface area contributed by atoms with Crippen molar-refractivity contribution in [3.05, 3.63) is 21.0 Å². The molecule has 2 rings (SSSR count). The number of hydrogen-bond donors (Lipinski definition) is 1. The maximum Gasteiger partial charge on any atom is 0.283 e. The van der Waals surface area contributed by atoms with E-state index in [9.17, 15) is 4.79 Å². The van der Waals surface area contributed by atoms with Crippen LogP contribution in [0.15, 0.2) is 15.5 Å². The molecule has 1 atom stereocenters. The number of rotatable bonds is 4. The van der Waals surface area contributed by atoms with Gasteiger partial charge in [0.25, 0.3) is 5.56 Å². The van der Waals surface area contributed by atoms with Crippen molar-refractivity contribution in [1.82, 2.24) is 20.0 Å². The quantitative estimate of drug-likeness (QED) is 0.855. The Kier molecular flexibility index (Phi) is 5.17. The van der Waals surface area contributed by atoms with E-state index in [-0.39, 0.29) is 5.56 Å². The molecule has 1 N–H and O–H groups in total. The van der Waals surface area contributed by atoms with Crippen LogP contribution in [-0.2, 0) is 6.54 Å². The summed E-state index contributed by atoms with van der Waals surface area (Å²) in [5.41, 5.74) is 0.833. The average Bonchev–Trinajstić information content (AvgIpc) is 2.40. The van der Waals surface area contributed by atoms with E-state index in [1.54, 1.807) is 6.20 Å². The van der Waals surface area contributed by atoms with Crippen molar-refractivity contribution in [3.8, 4) is 0 Å². The standard InChI is InChI=1S/C13H22BrN5O/c1-10-9-18(5-4-15-10)11-8-16-19(7-6-17(2)3)13(20)12(11)14/h8,10,15H,4-7,9H2,1-3H3. The second-order valence-electron chi connectivity index (χ2n) is 5.48. The minimum absolute atomic E-state index is 0.0597. The van der Waals surface area contributed by atoms with Crippen LogP contribution >= 0.6 is 15.9 Å². The molecule has 112 valence electrons. The lowest BCUT2D eigenvalue weighted by molar-refractivity contribution is 0.367. The number of nitrogens with one attached hydrogen (secondary N) is 1. The second-order valence-corrected chi connectivity index (χ2v) is 6.27. The van der Waals surface area contributed by atoms with Gasteiger partial charge >= 0.3 is 0 Å². The number of aromatic nitrogens is 2. The summed E-state index contributed by atoms with van der Waals surface area (Å²) < 4.78 is 2.12. The molecule has 6 nitrogen and oxygen atoms in total. The summed E-state index contributed by atoms with van der Waals surface area (Å²) in [6.07, 6.45) is 1.79. The van der Waals surface area contributed by atoms with Gasteiger partial charge < -0.3 is 15.1 Å². The van der Waals surface area contributed by atoms with Crippen LogP contribution in [0.5, 0.6) is 0 Å². The molecule has 0 spiro atoms. The van der Waals surface area contributed by atoms with E-state index in [1.807, 2.05) is 19.0 Å². The Bertz CT molecular complexity index is 516. The zero-order valence-corrected chi connectivity index (χ0v) is 13.9. The van der Waals surface area contributed by atoms with Gasteiger partial charge in [-0.1, -0.05) is 0 Å². The fourth-order valence-corrected chi connectivity index (χ4v) is 2.84. The third kappa shape index (κ3) is 3.59. The lowest BCUT2D eigenvalue weighted by Crippen LogP contribution is -2.49. The largest absolute Gasteiger partial charge is 0.366 e. The fourth-order valence-electron chi connectivity index (χ4n) is 2.28. The summed E-state index contributed by atoms with van der Waals surface area (Å²) in [5, 5.41) is 7.69. The van der Waals surface area contributed by atoms with E-state index < -0.39 is 0 Å². The molecule has 0 aliphatic carbocycles. The normalized spacial score (nSPS) is 19.6. The van der Waals surface area contributed by atoms with Crippen LogP contribution < -0.4 is 15.8 Å². The first-order valence-corrected chi connectivity index (χ1v) is 7.67. The van der Waals surface area contributed by atoms with E-state index in [0.29, 0.717) is 17.1 Å². The van der Waals surface area contributed by atoms with Gasteiger partial charge in [0, 0.05) is 32.2 Å². The third-order valence-electron chi connectivity index (χ3n) is 3.43. The maximum atomic E-state index is 12.3. The second kappa shape index (κ2) is 6.69.